The molecule has 2 aliphatic heterocycles. The number of aliphatic imine (C=N–C) groups is 1. The van der Waals surface area contributed by atoms with Gasteiger partial charge in [-0.1, -0.05) is 0 Å². The van der Waals surface area contributed by atoms with E-state index in [1.54, 1.807) is 0 Å². The molecule has 3 rings (SSSR count). The molecular formula is C15H28N4O2. The van der Waals surface area contributed by atoms with Crippen LogP contribution in [0.5, 0.6) is 0 Å². The Bertz CT molecular complexity index is 363. The first-order chi connectivity index (χ1) is 10.3. The highest BCUT2D eigenvalue weighted by molar-refractivity contribution is 5.80. The average molecular weight is 296 g/mol. The zero-order valence-corrected chi connectivity index (χ0v) is 13.1. The second kappa shape index (κ2) is 6.94. The van der Waals surface area contributed by atoms with E-state index in [9.17, 15) is 0 Å². The molecule has 120 valence electrons. The molecule has 0 spiro atoms. The summed E-state index contributed by atoms with van der Waals surface area (Å²) in [6.45, 7) is 9.54. The molecule has 0 aromatic rings. The maximum atomic E-state index is 5.78. The van der Waals surface area contributed by atoms with Gasteiger partial charge in [-0.2, -0.15) is 0 Å². The number of nitrogens with zero attached hydrogens (tertiary/aromatic N) is 2. The van der Waals surface area contributed by atoms with E-state index >= 15 is 0 Å². The third-order valence-electron chi connectivity index (χ3n) is 4.78. The number of hydrogen-bond donors (Lipinski definition) is 2. The third-order valence-corrected chi connectivity index (χ3v) is 4.78. The predicted molar refractivity (Wildman–Crippen MR) is 82.7 cm³/mol. The summed E-state index contributed by atoms with van der Waals surface area (Å²) in [5, 5.41) is 6.87. The van der Waals surface area contributed by atoms with Gasteiger partial charge in [-0.25, -0.2) is 0 Å². The number of ether oxygens (including phenoxy) is 2. The molecule has 0 unspecified atom stereocenters. The SMILES string of the molecule is CCOC1CC(CNC2=NCCCN2)(N2CCOCC2)C1. The fourth-order valence-corrected chi connectivity index (χ4v) is 3.59. The maximum Gasteiger partial charge on any atom is 0.191 e. The van der Waals surface area contributed by atoms with Crippen molar-refractivity contribution in [2.45, 2.75) is 37.8 Å². The van der Waals surface area contributed by atoms with Gasteiger partial charge < -0.3 is 20.1 Å². The average Bonchev–Trinajstić information content (AvgIpc) is 2.51. The zero-order chi connectivity index (χ0) is 14.5. The van der Waals surface area contributed by atoms with Gasteiger partial charge in [-0.3, -0.25) is 9.89 Å². The van der Waals surface area contributed by atoms with Gasteiger partial charge in [0.25, 0.3) is 0 Å². The molecule has 0 atom stereocenters. The van der Waals surface area contributed by atoms with Crippen molar-refractivity contribution in [3.8, 4) is 0 Å². The van der Waals surface area contributed by atoms with Gasteiger partial charge >= 0.3 is 0 Å². The second-order valence-corrected chi connectivity index (χ2v) is 6.17. The molecule has 2 heterocycles. The van der Waals surface area contributed by atoms with Gasteiger partial charge in [-0.15, -0.1) is 0 Å². The normalized spacial score (nSPS) is 33.8. The van der Waals surface area contributed by atoms with Crippen molar-refractivity contribution < 1.29 is 9.47 Å². The van der Waals surface area contributed by atoms with Crippen LogP contribution in [-0.4, -0.2) is 75.0 Å². The molecule has 21 heavy (non-hydrogen) atoms. The Morgan fingerprint density at radius 3 is 2.90 bits per heavy atom. The number of rotatable bonds is 5. The third kappa shape index (κ3) is 3.49. The minimum absolute atomic E-state index is 0.214. The van der Waals surface area contributed by atoms with Gasteiger partial charge in [-0.05, 0) is 26.2 Å². The van der Waals surface area contributed by atoms with Gasteiger partial charge in [0.1, 0.15) is 0 Å². The van der Waals surface area contributed by atoms with E-state index in [4.69, 9.17) is 9.47 Å². The Hall–Kier alpha value is -0.850. The molecule has 6 heteroatoms. The maximum absolute atomic E-state index is 5.78. The topological polar surface area (TPSA) is 58.1 Å². The van der Waals surface area contributed by atoms with E-state index in [1.807, 2.05) is 0 Å². The smallest absolute Gasteiger partial charge is 0.191 e. The fraction of sp³-hybridized carbons (Fsp3) is 0.933. The summed E-state index contributed by atoms with van der Waals surface area (Å²) in [7, 11) is 0. The van der Waals surface area contributed by atoms with E-state index in [1.165, 1.54) is 0 Å². The van der Waals surface area contributed by atoms with Crippen LogP contribution in [0.1, 0.15) is 26.2 Å². The quantitative estimate of drug-likeness (QED) is 0.759. The van der Waals surface area contributed by atoms with Crippen LogP contribution >= 0.6 is 0 Å². The zero-order valence-electron chi connectivity index (χ0n) is 13.1. The van der Waals surface area contributed by atoms with Crippen molar-refractivity contribution in [1.29, 1.82) is 0 Å². The largest absolute Gasteiger partial charge is 0.379 e. The summed E-state index contributed by atoms with van der Waals surface area (Å²) in [4.78, 5) is 7.10. The van der Waals surface area contributed by atoms with Crippen LogP contribution in [0.4, 0.5) is 0 Å². The molecular weight excluding hydrogens is 268 g/mol. The van der Waals surface area contributed by atoms with Crippen LogP contribution in [-0.2, 0) is 9.47 Å². The van der Waals surface area contributed by atoms with Crippen LogP contribution in [0.25, 0.3) is 0 Å². The van der Waals surface area contributed by atoms with Crippen molar-refractivity contribution in [2.24, 2.45) is 4.99 Å². The first-order valence-electron chi connectivity index (χ1n) is 8.29. The first-order valence-corrected chi connectivity index (χ1v) is 8.29. The Labute approximate surface area is 127 Å². The highest BCUT2D eigenvalue weighted by atomic mass is 16.5. The van der Waals surface area contributed by atoms with Crippen molar-refractivity contribution in [3.05, 3.63) is 0 Å². The second-order valence-electron chi connectivity index (χ2n) is 6.17. The van der Waals surface area contributed by atoms with Gasteiger partial charge in [0.2, 0.25) is 0 Å². The molecule has 0 aromatic heterocycles. The summed E-state index contributed by atoms with van der Waals surface area (Å²) in [6.07, 6.45) is 3.77. The molecule has 0 bridgehead atoms. The lowest BCUT2D eigenvalue weighted by atomic mass is 9.72. The molecule has 6 nitrogen and oxygen atoms in total. The lowest BCUT2D eigenvalue weighted by Gasteiger charge is -2.55. The molecule has 3 aliphatic rings. The molecule has 0 aromatic carbocycles. The minimum atomic E-state index is 0.214. The van der Waals surface area contributed by atoms with Gasteiger partial charge in [0, 0.05) is 44.9 Å². The predicted octanol–water partition coefficient (Wildman–Crippen LogP) is 0.195. The summed E-state index contributed by atoms with van der Waals surface area (Å²) in [6, 6.07) is 0. The lowest BCUT2D eigenvalue weighted by molar-refractivity contribution is -0.124. The summed E-state index contributed by atoms with van der Waals surface area (Å²) >= 11 is 0. The van der Waals surface area contributed by atoms with Crippen LogP contribution in [0.2, 0.25) is 0 Å². The lowest BCUT2D eigenvalue weighted by Crippen LogP contribution is -2.67. The first kappa shape index (κ1) is 15.1. The van der Waals surface area contributed by atoms with Crippen molar-refractivity contribution >= 4 is 5.96 Å². The Kier molecular flexibility index (Phi) is 4.98. The number of hydrogen-bond acceptors (Lipinski definition) is 6. The molecule has 1 saturated carbocycles. The molecule has 2 fully saturated rings. The van der Waals surface area contributed by atoms with Crippen molar-refractivity contribution in [2.75, 3.05) is 52.5 Å². The highest BCUT2D eigenvalue weighted by Crippen LogP contribution is 2.39. The fourth-order valence-electron chi connectivity index (χ4n) is 3.59. The van der Waals surface area contributed by atoms with E-state index in [-0.39, 0.29) is 5.54 Å². The Balaban J connectivity index is 1.58. The van der Waals surface area contributed by atoms with E-state index in [2.05, 4.69) is 27.4 Å². The van der Waals surface area contributed by atoms with Crippen molar-refractivity contribution in [1.82, 2.24) is 15.5 Å². The number of morpholine rings is 1. The van der Waals surface area contributed by atoms with Crippen LogP contribution in [0, 0.1) is 0 Å². The molecule has 1 aliphatic carbocycles. The molecule has 0 radical (unpaired) electrons. The van der Waals surface area contributed by atoms with Crippen molar-refractivity contribution in [3.63, 3.8) is 0 Å². The Morgan fingerprint density at radius 2 is 2.24 bits per heavy atom. The summed E-state index contributed by atoms with van der Waals surface area (Å²) in [5.41, 5.74) is 0.214. The molecule has 0 amide bonds. The minimum Gasteiger partial charge on any atom is -0.379 e. The number of guanidine groups is 1. The standard InChI is InChI=1S/C15H28N4O2/c1-2-21-13-10-15(11-13,19-6-8-20-9-7-19)12-18-14-16-4-3-5-17-14/h13H,2-12H2,1H3,(H2,16,17,18). The molecule has 2 N–H and O–H groups in total. The summed E-state index contributed by atoms with van der Waals surface area (Å²) < 4.78 is 11.3. The van der Waals surface area contributed by atoms with Crippen LogP contribution in [0.15, 0.2) is 4.99 Å². The van der Waals surface area contributed by atoms with Crippen LogP contribution in [0.3, 0.4) is 0 Å². The van der Waals surface area contributed by atoms with Crippen LogP contribution < -0.4 is 10.6 Å². The van der Waals surface area contributed by atoms with E-state index < -0.39 is 0 Å². The van der Waals surface area contributed by atoms with E-state index in [0.717, 1.165) is 77.8 Å². The van der Waals surface area contributed by atoms with Gasteiger partial charge in [0.15, 0.2) is 5.96 Å². The van der Waals surface area contributed by atoms with E-state index in [0.29, 0.717) is 6.10 Å². The number of nitrogens with one attached hydrogen (secondary N) is 2. The van der Waals surface area contributed by atoms with Gasteiger partial charge in [0.05, 0.1) is 19.3 Å². The molecule has 1 saturated heterocycles. The Morgan fingerprint density at radius 1 is 1.43 bits per heavy atom. The monoisotopic (exact) mass is 296 g/mol. The highest BCUT2D eigenvalue weighted by Gasteiger charge is 2.49. The summed E-state index contributed by atoms with van der Waals surface area (Å²) in [5.74, 6) is 0.966.